The third-order valence-electron chi connectivity index (χ3n) is 8.86. The first kappa shape index (κ1) is 27.9. The summed E-state index contributed by atoms with van der Waals surface area (Å²) in [5, 5.41) is 0. The van der Waals surface area contributed by atoms with E-state index in [4.69, 9.17) is 9.47 Å². The van der Waals surface area contributed by atoms with Crippen molar-refractivity contribution in [3.05, 3.63) is 23.4 Å². The average Bonchev–Trinajstić information content (AvgIpc) is 2.89. The van der Waals surface area contributed by atoms with Crippen molar-refractivity contribution in [3.63, 3.8) is 0 Å². The summed E-state index contributed by atoms with van der Waals surface area (Å²) in [6, 6.07) is 0. The van der Waals surface area contributed by atoms with Gasteiger partial charge in [0.05, 0.1) is 19.3 Å². The quantitative estimate of drug-likeness (QED) is 0.368. The summed E-state index contributed by atoms with van der Waals surface area (Å²) < 4.78 is 11.9. The van der Waals surface area contributed by atoms with Crippen LogP contribution in [-0.4, -0.2) is 66.5 Å². The number of fused-ring (bicyclic) bond motifs is 1. The summed E-state index contributed by atoms with van der Waals surface area (Å²) >= 11 is 0. The second-order valence-electron chi connectivity index (χ2n) is 12.5. The van der Waals surface area contributed by atoms with Gasteiger partial charge in [0.2, 0.25) is 11.8 Å². The summed E-state index contributed by atoms with van der Waals surface area (Å²) in [7, 11) is 1.40. The highest BCUT2D eigenvalue weighted by Crippen LogP contribution is 2.52. The third kappa shape index (κ3) is 5.67. The van der Waals surface area contributed by atoms with Crippen molar-refractivity contribution in [3.8, 4) is 0 Å². The molecule has 0 unspecified atom stereocenters. The first-order valence-electron chi connectivity index (χ1n) is 14.3. The van der Waals surface area contributed by atoms with Crippen LogP contribution >= 0.6 is 0 Å². The topological polar surface area (TPSA) is 76.2 Å². The Hall–Kier alpha value is -2.15. The fourth-order valence-corrected chi connectivity index (χ4v) is 6.54. The number of rotatable bonds is 6. The number of esters is 1. The number of carbonyl (C=O) groups is 3. The molecule has 0 saturated carbocycles. The molecular weight excluding hydrogens is 468 g/mol. The lowest BCUT2D eigenvalue weighted by atomic mass is 9.65. The Morgan fingerprint density at radius 1 is 1.14 bits per heavy atom. The Bertz CT molecular complexity index is 942. The smallest absolute Gasteiger partial charge is 0.320 e. The molecule has 1 aliphatic carbocycles. The predicted molar refractivity (Wildman–Crippen MR) is 142 cm³/mol. The van der Waals surface area contributed by atoms with E-state index in [9.17, 15) is 14.4 Å². The van der Waals surface area contributed by atoms with E-state index >= 15 is 0 Å². The monoisotopic (exact) mass is 514 g/mol. The van der Waals surface area contributed by atoms with Crippen molar-refractivity contribution in [1.29, 1.82) is 0 Å². The highest BCUT2D eigenvalue weighted by atomic mass is 16.5. The van der Waals surface area contributed by atoms with Crippen LogP contribution in [-0.2, 0) is 23.9 Å². The van der Waals surface area contributed by atoms with E-state index in [0.717, 1.165) is 51.6 Å². The summed E-state index contributed by atoms with van der Waals surface area (Å²) in [6.45, 7) is 10.2. The number of methoxy groups -OCH3 is 1. The first-order chi connectivity index (χ1) is 17.6. The summed E-state index contributed by atoms with van der Waals surface area (Å²) in [6.07, 6.45) is 12.4. The van der Waals surface area contributed by atoms with Gasteiger partial charge < -0.3 is 19.3 Å². The SMILES string of the molecule is COC(=O)[C@]12C[C@H](CC(=O)N3CCCCC3)C(=O)N(CCC3=CCCCC3)C1=C[C@H](C(C)(C)C)O[C@@H]2C. The molecule has 2 amide bonds. The van der Waals surface area contributed by atoms with Gasteiger partial charge >= 0.3 is 5.97 Å². The Kier molecular flexibility index (Phi) is 8.51. The van der Waals surface area contributed by atoms with Crippen molar-refractivity contribution < 1.29 is 23.9 Å². The highest BCUT2D eigenvalue weighted by Gasteiger charge is 2.60. The Morgan fingerprint density at radius 3 is 2.49 bits per heavy atom. The molecule has 4 atom stereocenters. The number of amides is 2. The minimum Gasteiger partial charge on any atom is -0.468 e. The standard InChI is InChI=1S/C30H46N2O5/c1-21-30(28(35)36-5)20-23(18-26(33)31-15-10-7-11-16-31)27(34)32(17-14-22-12-8-6-9-13-22)24(30)19-25(37-21)29(2,3)4/h12,19,21,23,25H,6-11,13-18,20H2,1-5H3/t21-,23+,25-,30+/m1/s1. The molecule has 0 aromatic carbocycles. The van der Waals surface area contributed by atoms with E-state index in [0.29, 0.717) is 12.2 Å². The van der Waals surface area contributed by atoms with Gasteiger partial charge in [0.25, 0.3) is 0 Å². The lowest BCUT2D eigenvalue weighted by Crippen LogP contribution is -2.61. The summed E-state index contributed by atoms with van der Waals surface area (Å²) in [4.78, 5) is 44.7. The zero-order chi connectivity index (χ0) is 26.8. The van der Waals surface area contributed by atoms with E-state index in [1.807, 2.05) is 22.8 Å². The van der Waals surface area contributed by atoms with Crippen LogP contribution in [0.1, 0.15) is 91.9 Å². The highest BCUT2D eigenvalue weighted by molar-refractivity contribution is 5.92. The number of likely N-dealkylation sites (tertiary alicyclic amines) is 2. The van der Waals surface area contributed by atoms with E-state index in [1.54, 1.807) is 0 Å². The van der Waals surface area contributed by atoms with Crippen molar-refractivity contribution in [2.75, 3.05) is 26.7 Å². The van der Waals surface area contributed by atoms with E-state index < -0.39 is 17.4 Å². The van der Waals surface area contributed by atoms with Gasteiger partial charge in [-0.1, -0.05) is 32.4 Å². The number of hydrogen-bond donors (Lipinski definition) is 0. The van der Waals surface area contributed by atoms with Gasteiger partial charge in [0.15, 0.2) is 0 Å². The number of nitrogens with zero attached hydrogens (tertiary/aromatic N) is 2. The molecule has 0 aromatic rings. The molecular formula is C30H46N2O5. The van der Waals surface area contributed by atoms with Crippen LogP contribution in [0.5, 0.6) is 0 Å². The molecule has 0 aromatic heterocycles. The van der Waals surface area contributed by atoms with E-state index in [1.165, 1.54) is 25.5 Å². The van der Waals surface area contributed by atoms with Crippen LogP contribution < -0.4 is 0 Å². The van der Waals surface area contributed by atoms with Crippen LogP contribution in [0.3, 0.4) is 0 Å². The molecule has 0 N–H and O–H groups in total. The first-order valence-corrected chi connectivity index (χ1v) is 14.3. The van der Waals surface area contributed by atoms with E-state index in [-0.39, 0.29) is 42.1 Å². The molecule has 0 spiro atoms. The molecule has 4 aliphatic rings. The van der Waals surface area contributed by atoms with Gasteiger partial charge in [-0.25, -0.2) is 0 Å². The van der Waals surface area contributed by atoms with Crippen molar-refractivity contribution in [2.45, 2.75) is 104 Å². The van der Waals surface area contributed by atoms with Gasteiger partial charge in [-0.3, -0.25) is 14.4 Å². The zero-order valence-electron chi connectivity index (χ0n) is 23.5. The van der Waals surface area contributed by atoms with Gasteiger partial charge in [0.1, 0.15) is 5.41 Å². The van der Waals surface area contributed by atoms with Crippen molar-refractivity contribution in [1.82, 2.24) is 9.80 Å². The fourth-order valence-electron chi connectivity index (χ4n) is 6.54. The maximum atomic E-state index is 14.1. The average molecular weight is 515 g/mol. The van der Waals surface area contributed by atoms with Gasteiger partial charge in [-0.05, 0) is 76.2 Å². The number of ether oxygens (including phenoxy) is 2. The van der Waals surface area contributed by atoms with Crippen LogP contribution in [0.25, 0.3) is 0 Å². The lowest BCUT2D eigenvalue weighted by Gasteiger charge is -2.53. The molecule has 0 bridgehead atoms. The van der Waals surface area contributed by atoms with Crippen molar-refractivity contribution in [2.24, 2.45) is 16.7 Å². The second kappa shape index (κ2) is 11.3. The molecule has 4 rings (SSSR count). The molecule has 7 nitrogen and oxygen atoms in total. The summed E-state index contributed by atoms with van der Waals surface area (Å²) in [5.41, 5.74) is 0.770. The summed E-state index contributed by atoms with van der Waals surface area (Å²) in [5.74, 6) is -1.00. The van der Waals surface area contributed by atoms with Crippen LogP contribution in [0, 0.1) is 16.7 Å². The minimum atomic E-state index is -1.11. The lowest BCUT2D eigenvalue weighted by molar-refractivity contribution is -0.180. The number of piperidine rings is 2. The predicted octanol–water partition coefficient (Wildman–Crippen LogP) is 5.00. The van der Waals surface area contributed by atoms with Crippen LogP contribution in [0.4, 0.5) is 0 Å². The Balaban J connectivity index is 1.71. The Labute approximate surface area is 222 Å². The minimum absolute atomic E-state index is 0.0115. The van der Waals surface area contributed by atoms with Crippen molar-refractivity contribution >= 4 is 17.8 Å². The Morgan fingerprint density at radius 2 is 1.86 bits per heavy atom. The van der Waals surface area contributed by atoms with Gasteiger partial charge in [-0.2, -0.15) is 0 Å². The molecule has 3 aliphatic heterocycles. The van der Waals surface area contributed by atoms with Gasteiger partial charge in [0, 0.05) is 37.7 Å². The number of allylic oxidation sites excluding steroid dienone is 1. The maximum absolute atomic E-state index is 14.1. The van der Waals surface area contributed by atoms with Crippen LogP contribution in [0.15, 0.2) is 23.4 Å². The van der Waals surface area contributed by atoms with Crippen LogP contribution in [0.2, 0.25) is 0 Å². The maximum Gasteiger partial charge on any atom is 0.320 e. The zero-order valence-corrected chi connectivity index (χ0v) is 23.5. The molecule has 3 heterocycles. The molecule has 2 saturated heterocycles. The van der Waals surface area contributed by atoms with Gasteiger partial charge in [-0.15, -0.1) is 0 Å². The molecule has 206 valence electrons. The fraction of sp³-hybridized carbons (Fsp3) is 0.767. The normalized spacial score (nSPS) is 30.8. The molecule has 37 heavy (non-hydrogen) atoms. The van der Waals surface area contributed by atoms with E-state index in [2.05, 4.69) is 26.8 Å². The number of hydrogen-bond acceptors (Lipinski definition) is 5. The molecule has 7 heteroatoms. The second-order valence-corrected chi connectivity index (χ2v) is 12.5. The third-order valence-corrected chi connectivity index (χ3v) is 8.86. The molecule has 2 fully saturated rings. The largest absolute Gasteiger partial charge is 0.468 e. The number of carbonyl (C=O) groups excluding carboxylic acids is 3. The molecule has 0 radical (unpaired) electrons.